The van der Waals surface area contributed by atoms with E-state index in [2.05, 4.69) is 15.0 Å². The number of carboxylic acids is 1. The van der Waals surface area contributed by atoms with Crippen molar-refractivity contribution in [3.63, 3.8) is 0 Å². The highest BCUT2D eigenvalue weighted by Gasteiger charge is 2.13. The quantitative estimate of drug-likeness (QED) is 0.337. The number of aromatic amines is 2. The summed E-state index contributed by atoms with van der Waals surface area (Å²) < 4.78 is 5.75. The van der Waals surface area contributed by atoms with Crippen LogP contribution in [0.2, 0.25) is 5.02 Å². The number of halogens is 1. The van der Waals surface area contributed by atoms with Crippen LogP contribution in [0.1, 0.15) is 15.9 Å². The van der Waals surface area contributed by atoms with Crippen molar-refractivity contribution in [2.24, 2.45) is 0 Å². The fourth-order valence-electron chi connectivity index (χ4n) is 3.63. The summed E-state index contributed by atoms with van der Waals surface area (Å²) in [7, 11) is 0. The maximum atomic E-state index is 12.2. The van der Waals surface area contributed by atoms with Gasteiger partial charge in [-0.15, -0.1) is 0 Å². The Kier molecular flexibility index (Phi) is 4.68. The number of rotatable bonds is 4. The van der Waals surface area contributed by atoms with Crippen molar-refractivity contribution in [3.05, 3.63) is 87.3 Å². The molecular weight excluding hydrogens is 430 g/mol. The summed E-state index contributed by atoms with van der Waals surface area (Å²) in [5.74, 6) is -0.671. The maximum absolute atomic E-state index is 12.2. The number of carbonyl (C=O) groups is 1. The second kappa shape index (κ2) is 7.55. The topological polar surface area (TPSA) is 108 Å². The number of aromatic nitrogens is 3. The molecule has 0 bridgehead atoms. The Morgan fingerprint density at radius 1 is 1.09 bits per heavy atom. The van der Waals surface area contributed by atoms with E-state index in [-0.39, 0.29) is 17.1 Å². The molecule has 0 radical (unpaired) electrons. The van der Waals surface area contributed by atoms with Crippen molar-refractivity contribution in [2.45, 2.75) is 6.92 Å². The summed E-state index contributed by atoms with van der Waals surface area (Å²) in [4.78, 5) is 33.7. The molecule has 0 aliphatic carbocycles. The summed E-state index contributed by atoms with van der Waals surface area (Å²) in [6.07, 6.45) is 1.61. The van der Waals surface area contributed by atoms with Crippen LogP contribution in [-0.2, 0) is 0 Å². The van der Waals surface area contributed by atoms with Crippen molar-refractivity contribution in [1.82, 2.24) is 15.0 Å². The standard InChI is InChI=1S/C24H16ClN3O4/c1-12-2-5-15(9-16(12)23(30)31)32-24-27-20-10-17(19(25)11-21(20)28-24)14-4-3-13-6-7-26-22(29)18(13)8-14/h2-11H,1H3,(H,26,29)(H,27,28)(H,30,31). The van der Waals surface area contributed by atoms with Gasteiger partial charge in [0, 0.05) is 17.1 Å². The number of nitrogens with zero attached hydrogens (tertiary/aromatic N) is 1. The Morgan fingerprint density at radius 2 is 1.94 bits per heavy atom. The van der Waals surface area contributed by atoms with E-state index in [0.717, 1.165) is 16.5 Å². The predicted molar refractivity (Wildman–Crippen MR) is 123 cm³/mol. The van der Waals surface area contributed by atoms with Gasteiger partial charge in [0.1, 0.15) is 5.75 Å². The molecule has 3 N–H and O–H groups in total. The highest BCUT2D eigenvalue weighted by Crippen LogP contribution is 2.34. The molecule has 3 aromatic carbocycles. The average molecular weight is 446 g/mol. The van der Waals surface area contributed by atoms with Crippen LogP contribution in [0, 0.1) is 6.92 Å². The molecule has 0 aliphatic rings. The minimum absolute atomic E-state index is 0.162. The van der Waals surface area contributed by atoms with Gasteiger partial charge in [-0.05, 0) is 59.8 Å². The number of fused-ring (bicyclic) bond motifs is 2. The summed E-state index contributed by atoms with van der Waals surface area (Å²) in [6.45, 7) is 1.72. The minimum Gasteiger partial charge on any atom is -0.478 e. The molecule has 0 atom stereocenters. The third kappa shape index (κ3) is 3.48. The number of aryl methyl sites for hydroxylation is 1. The van der Waals surface area contributed by atoms with Gasteiger partial charge in [0.2, 0.25) is 0 Å². The summed E-state index contributed by atoms with van der Waals surface area (Å²) in [5, 5.41) is 11.2. The molecule has 8 heteroatoms. The molecule has 32 heavy (non-hydrogen) atoms. The van der Waals surface area contributed by atoms with E-state index in [4.69, 9.17) is 16.3 Å². The van der Waals surface area contributed by atoms with Crippen LogP contribution in [0.3, 0.4) is 0 Å². The minimum atomic E-state index is -1.02. The molecule has 0 amide bonds. The molecule has 0 spiro atoms. The van der Waals surface area contributed by atoms with Crippen LogP contribution in [0.15, 0.2) is 65.6 Å². The smallest absolute Gasteiger partial charge is 0.336 e. The van der Waals surface area contributed by atoms with Crippen molar-refractivity contribution in [2.75, 3.05) is 0 Å². The zero-order chi connectivity index (χ0) is 22.4. The molecule has 0 aliphatic heterocycles. The Balaban J connectivity index is 1.54. The van der Waals surface area contributed by atoms with Crippen molar-refractivity contribution in [3.8, 4) is 22.9 Å². The Hall–Kier alpha value is -4.10. The molecule has 158 valence electrons. The highest BCUT2D eigenvalue weighted by molar-refractivity contribution is 6.34. The number of imidazole rings is 1. The number of benzene rings is 3. The first-order valence-corrected chi connectivity index (χ1v) is 10.1. The number of aromatic carboxylic acids is 1. The summed E-state index contributed by atoms with van der Waals surface area (Å²) >= 11 is 6.53. The van der Waals surface area contributed by atoms with E-state index in [1.165, 1.54) is 6.07 Å². The summed E-state index contributed by atoms with van der Waals surface area (Å²) in [5.41, 5.74) is 3.43. The van der Waals surface area contributed by atoms with Crippen LogP contribution < -0.4 is 10.3 Å². The second-order valence-corrected chi connectivity index (χ2v) is 7.79. The average Bonchev–Trinajstić information content (AvgIpc) is 3.15. The van der Waals surface area contributed by atoms with Gasteiger partial charge in [0.25, 0.3) is 11.6 Å². The molecular formula is C24H16ClN3O4. The van der Waals surface area contributed by atoms with Gasteiger partial charge in [-0.25, -0.2) is 4.79 Å². The SMILES string of the molecule is Cc1ccc(Oc2nc3cc(-c4ccc5cc[nH]c(=O)c5c4)c(Cl)cc3[nH]2)cc1C(=O)O. The van der Waals surface area contributed by atoms with E-state index in [1.54, 1.807) is 37.4 Å². The van der Waals surface area contributed by atoms with Gasteiger partial charge in [-0.3, -0.25) is 4.79 Å². The van der Waals surface area contributed by atoms with Gasteiger partial charge in [0.05, 0.1) is 21.6 Å². The number of hydrogen-bond acceptors (Lipinski definition) is 4. The first-order valence-electron chi connectivity index (χ1n) is 9.72. The lowest BCUT2D eigenvalue weighted by molar-refractivity contribution is 0.0695. The number of H-pyrrole nitrogens is 2. The number of nitrogens with one attached hydrogen (secondary N) is 2. The molecule has 0 saturated carbocycles. The van der Waals surface area contributed by atoms with Crippen molar-refractivity contribution >= 4 is 39.4 Å². The number of pyridine rings is 1. The van der Waals surface area contributed by atoms with E-state index in [9.17, 15) is 14.7 Å². The first-order chi connectivity index (χ1) is 15.4. The zero-order valence-electron chi connectivity index (χ0n) is 16.8. The largest absolute Gasteiger partial charge is 0.478 e. The molecule has 2 heterocycles. The van der Waals surface area contributed by atoms with Gasteiger partial charge >= 0.3 is 5.97 Å². The fourth-order valence-corrected chi connectivity index (χ4v) is 3.91. The Labute approximate surface area is 186 Å². The molecule has 0 unspecified atom stereocenters. The van der Waals surface area contributed by atoms with E-state index < -0.39 is 5.97 Å². The van der Waals surface area contributed by atoms with Crippen LogP contribution in [0.5, 0.6) is 11.8 Å². The van der Waals surface area contributed by atoms with Crippen LogP contribution in [0.25, 0.3) is 32.9 Å². The fraction of sp³-hybridized carbons (Fsp3) is 0.0417. The van der Waals surface area contributed by atoms with Gasteiger partial charge < -0.3 is 19.8 Å². The third-order valence-electron chi connectivity index (χ3n) is 5.29. The first kappa shape index (κ1) is 19.8. The summed E-state index contributed by atoms with van der Waals surface area (Å²) in [6, 6.07) is 16.0. The Bertz CT molecular complexity index is 1590. The monoisotopic (exact) mass is 445 g/mol. The van der Waals surface area contributed by atoms with Gasteiger partial charge in [0.15, 0.2) is 0 Å². The molecule has 5 aromatic rings. The molecule has 7 nitrogen and oxygen atoms in total. The molecule has 0 fully saturated rings. The van der Waals surface area contributed by atoms with Gasteiger partial charge in [-0.1, -0.05) is 29.8 Å². The lowest BCUT2D eigenvalue weighted by Gasteiger charge is -2.06. The van der Waals surface area contributed by atoms with Crippen molar-refractivity contribution in [1.29, 1.82) is 0 Å². The second-order valence-electron chi connectivity index (χ2n) is 7.38. The zero-order valence-corrected chi connectivity index (χ0v) is 17.5. The third-order valence-corrected chi connectivity index (χ3v) is 5.60. The predicted octanol–water partition coefficient (Wildman–Crippen LogP) is 5.52. The lowest BCUT2D eigenvalue weighted by atomic mass is 10.0. The van der Waals surface area contributed by atoms with Crippen LogP contribution in [0.4, 0.5) is 0 Å². The Morgan fingerprint density at radius 3 is 2.75 bits per heavy atom. The molecule has 0 saturated heterocycles. The highest BCUT2D eigenvalue weighted by atomic mass is 35.5. The van der Waals surface area contributed by atoms with E-state index >= 15 is 0 Å². The molecule has 2 aromatic heterocycles. The number of carboxylic acid groups (broad SMARTS) is 1. The van der Waals surface area contributed by atoms with Crippen molar-refractivity contribution < 1.29 is 14.6 Å². The normalized spacial score (nSPS) is 11.2. The van der Waals surface area contributed by atoms with E-state index in [0.29, 0.717) is 32.8 Å². The van der Waals surface area contributed by atoms with Gasteiger partial charge in [-0.2, -0.15) is 4.98 Å². The maximum Gasteiger partial charge on any atom is 0.336 e. The van der Waals surface area contributed by atoms with E-state index in [1.807, 2.05) is 24.3 Å². The number of hydrogen-bond donors (Lipinski definition) is 3. The lowest BCUT2D eigenvalue weighted by Crippen LogP contribution is -2.04. The molecule has 5 rings (SSSR count). The van der Waals surface area contributed by atoms with Crippen LogP contribution in [-0.4, -0.2) is 26.0 Å². The number of ether oxygens (including phenoxy) is 1. The van der Waals surface area contributed by atoms with Crippen LogP contribution >= 0.6 is 11.6 Å².